The highest BCUT2D eigenvalue weighted by atomic mass is 16.5. The van der Waals surface area contributed by atoms with Crippen LogP contribution in [0.25, 0.3) is 0 Å². The highest BCUT2D eigenvalue weighted by Crippen LogP contribution is 2.55. The Labute approximate surface area is 150 Å². The van der Waals surface area contributed by atoms with E-state index in [1.54, 1.807) is 0 Å². The van der Waals surface area contributed by atoms with Crippen molar-refractivity contribution in [2.45, 2.75) is 64.0 Å². The minimum Gasteiger partial charge on any atom is -0.378 e. The molecular formula is C21H28N2O2. The molecule has 0 unspecified atom stereocenters. The number of amides is 1. The summed E-state index contributed by atoms with van der Waals surface area (Å²) >= 11 is 0. The molecule has 0 radical (unpaired) electrons. The van der Waals surface area contributed by atoms with Crippen LogP contribution < -0.4 is 0 Å². The Balaban J connectivity index is 1.77. The van der Waals surface area contributed by atoms with Gasteiger partial charge in [0, 0.05) is 30.7 Å². The van der Waals surface area contributed by atoms with Crippen molar-refractivity contribution in [1.82, 2.24) is 4.90 Å². The maximum absolute atomic E-state index is 13.0. The molecule has 2 atom stereocenters. The molecule has 2 aliphatic rings. The molecule has 2 aliphatic carbocycles. The number of hydrogen-bond acceptors (Lipinski definition) is 3. The second-order valence-electron chi connectivity index (χ2n) is 7.44. The normalized spacial score (nSPS) is 24.4. The fraction of sp³-hybridized carbons (Fsp3) is 0.619. The zero-order valence-corrected chi connectivity index (χ0v) is 15.3. The van der Waals surface area contributed by atoms with Crippen molar-refractivity contribution in [2.75, 3.05) is 13.7 Å². The van der Waals surface area contributed by atoms with Crippen molar-refractivity contribution in [3.05, 3.63) is 35.4 Å². The minimum absolute atomic E-state index is 0.0599. The maximum atomic E-state index is 13.0. The van der Waals surface area contributed by atoms with E-state index in [0.717, 1.165) is 31.4 Å². The van der Waals surface area contributed by atoms with Crippen LogP contribution in [-0.2, 0) is 11.2 Å². The Hall–Kier alpha value is -1.86. The van der Waals surface area contributed by atoms with E-state index in [1.165, 1.54) is 19.3 Å². The molecular weight excluding hydrogens is 312 g/mol. The van der Waals surface area contributed by atoms with E-state index in [4.69, 9.17) is 10.00 Å². The van der Waals surface area contributed by atoms with Gasteiger partial charge in [0.1, 0.15) is 0 Å². The number of carbonyl (C=O) groups excluding carboxylic acids is 1. The highest BCUT2D eigenvalue weighted by molar-refractivity contribution is 5.94. The van der Waals surface area contributed by atoms with E-state index in [2.05, 4.69) is 13.0 Å². The van der Waals surface area contributed by atoms with Crippen LogP contribution in [0.3, 0.4) is 0 Å². The lowest BCUT2D eigenvalue weighted by Crippen LogP contribution is -2.65. The topological polar surface area (TPSA) is 53.3 Å². The molecule has 0 aromatic heterocycles. The van der Waals surface area contributed by atoms with Gasteiger partial charge in [-0.2, -0.15) is 5.26 Å². The third-order valence-corrected chi connectivity index (χ3v) is 6.14. The molecule has 2 fully saturated rings. The summed E-state index contributed by atoms with van der Waals surface area (Å²) in [7, 11) is 1.93. The van der Waals surface area contributed by atoms with E-state index in [1.807, 2.05) is 36.2 Å². The number of carbonyl (C=O) groups is 1. The van der Waals surface area contributed by atoms with E-state index in [9.17, 15) is 4.79 Å². The quantitative estimate of drug-likeness (QED) is 0.815. The molecule has 4 nitrogen and oxygen atoms in total. The average Bonchev–Trinajstić information content (AvgIpc) is 2.65. The van der Waals surface area contributed by atoms with Crippen LogP contribution in [0.2, 0.25) is 0 Å². The van der Waals surface area contributed by atoms with Crippen molar-refractivity contribution < 1.29 is 9.53 Å². The second kappa shape index (κ2) is 7.58. The maximum Gasteiger partial charge on any atom is 0.253 e. The van der Waals surface area contributed by atoms with Crippen LogP contribution in [0, 0.1) is 16.7 Å². The molecule has 4 heteroatoms. The molecule has 0 bridgehead atoms. The van der Waals surface area contributed by atoms with Gasteiger partial charge in [-0.1, -0.05) is 31.4 Å². The fourth-order valence-electron chi connectivity index (χ4n) is 4.82. The fourth-order valence-corrected chi connectivity index (χ4v) is 4.82. The molecule has 1 amide bonds. The lowest BCUT2D eigenvalue weighted by atomic mass is 9.54. The third kappa shape index (κ3) is 3.30. The summed E-state index contributed by atoms with van der Waals surface area (Å²) in [4.78, 5) is 15.0. The van der Waals surface area contributed by atoms with Gasteiger partial charge in [0.2, 0.25) is 0 Å². The van der Waals surface area contributed by atoms with Gasteiger partial charge in [0.05, 0.1) is 18.6 Å². The molecule has 0 saturated heterocycles. The lowest BCUT2D eigenvalue weighted by molar-refractivity contribution is -0.170. The van der Waals surface area contributed by atoms with E-state index >= 15 is 0 Å². The molecule has 1 aromatic rings. The first-order chi connectivity index (χ1) is 12.1. The molecule has 134 valence electrons. The third-order valence-electron chi connectivity index (χ3n) is 6.14. The van der Waals surface area contributed by atoms with Crippen LogP contribution in [-0.4, -0.2) is 36.6 Å². The van der Waals surface area contributed by atoms with Gasteiger partial charge in [-0.25, -0.2) is 0 Å². The van der Waals surface area contributed by atoms with E-state index in [-0.39, 0.29) is 17.4 Å². The predicted molar refractivity (Wildman–Crippen MR) is 97.2 cm³/mol. The molecule has 0 heterocycles. The van der Waals surface area contributed by atoms with Crippen molar-refractivity contribution in [1.29, 1.82) is 5.26 Å². The Morgan fingerprint density at radius 1 is 1.36 bits per heavy atom. The molecule has 0 aliphatic heterocycles. The van der Waals surface area contributed by atoms with E-state index < -0.39 is 0 Å². The summed E-state index contributed by atoms with van der Waals surface area (Å²) < 4.78 is 6.01. The zero-order valence-electron chi connectivity index (χ0n) is 15.3. The van der Waals surface area contributed by atoms with Crippen molar-refractivity contribution in [2.24, 2.45) is 5.41 Å². The largest absolute Gasteiger partial charge is 0.378 e. The molecule has 1 aromatic carbocycles. The van der Waals surface area contributed by atoms with E-state index in [0.29, 0.717) is 18.1 Å². The van der Waals surface area contributed by atoms with Crippen molar-refractivity contribution in [3.8, 4) is 6.07 Å². The highest BCUT2D eigenvalue weighted by Gasteiger charge is 2.57. The van der Waals surface area contributed by atoms with Gasteiger partial charge in [-0.3, -0.25) is 4.79 Å². The van der Waals surface area contributed by atoms with Crippen LogP contribution in [0.4, 0.5) is 0 Å². The number of ether oxygens (including phenoxy) is 1. The first-order valence-corrected chi connectivity index (χ1v) is 9.47. The summed E-state index contributed by atoms with van der Waals surface area (Å²) in [5.41, 5.74) is 1.72. The van der Waals surface area contributed by atoms with Gasteiger partial charge < -0.3 is 9.64 Å². The van der Waals surface area contributed by atoms with Gasteiger partial charge in [0.15, 0.2) is 0 Å². The summed E-state index contributed by atoms with van der Waals surface area (Å²) in [5.74, 6) is 0.0599. The Kier molecular flexibility index (Phi) is 5.44. The first-order valence-electron chi connectivity index (χ1n) is 9.47. The minimum atomic E-state index is 0.0599. The van der Waals surface area contributed by atoms with Gasteiger partial charge >= 0.3 is 0 Å². The summed E-state index contributed by atoms with van der Waals surface area (Å²) in [6.07, 6.45) is 7.66. The van der Waals surface area contributed by atoms with Crippen LogP contribution in [0.5, 0.6) is 0 Å². The Bertz CT molecular complexity index is 658. The predicted octanol–water partition coefficient (Wildman–Crippen LogP) is 3.95. The SMILES string of the molecule is CCO[C@@H]1C[C@@H](N(C)C(=O)c2cccc(CC#N)c2)C12CCCCC2. The number of rotatable bonds is 5. The average molecular weight is 340 g/mol. The summed E-state index contributed by atoms with van der Waals surface area (Å²) in [5, 5.41) is 8.88. The smallest absolute Gasteiger partial charge is 0.253 e. The molecule has 25 heavy (non-hydrogen) atoms. The molecule has 1 spiro atoms. The monoisotopic (exact) mass is 340 g/mol. The second-order valence-corrected chi connectivity index (χ2v) is 7.44. The van der Waals surface area contributed by atoms with Crippen LogP contribution >= 0.6 is 0 Å². The molecule has 3 rings (SSSR count). The van der Waals surface area contributed by atoms with Gasteiger partial charge in [0.25, 0.3) is 5.91 Å². The van der Waals surface area contributed by atoms with Crippen molar-refractivity contribution >= 4 is 5.91 Å². The number of hydrogen-bond donors (Lipinski definition) is 0. The van der Waals surface area contributed by atoms with Crippen LogP contribution in [0.1, 0.15) is 61.4 Å². The van der Waals surface area contributed by atoms with Gasteiger partial charge in [-0.05, 0) is 43.9 Å². The summed E-state index contributed by atoms with van der Waals surface area (Å²) in [6.45, 7) is 2.80. The molecule has 2 saturated carbocycles. The molecule has 0 N–H and O–H groups in total. The number of nitrogens with zero attached hydrogens (tertiary/aromatic N) is 2. The standard InChI is InChI=1S/C21H28N2O2/c1-3-25-19-15-18(21(19)11-5-4-6-12-21)23(2)20(24)17-9-7-8-16(14-17)10-13-22/h7-9,14,18-19H,3-6,10-12,15H2,1-2H3/t18-,19-/m1/s1. The summed E-state index contributed by atoms with van der Waals surface area (Å²) in [6, 6.07) is 9.89. The van der Waals surface area contributed by atoms with Crippen molar-refractivity contribution in [3.63, 3.8) is 0 Å². The number of nitriles is 1. The lowest BCUT2D eigenvalue weighted by Gasteiger charge is -2.60. The van der Waals surface area contributed by atoms with Crippen LogP contribution in [0.15, 0.2) is 24.3 Å². The zero-order chi connectivity index (χ0) is 17.9. The first kappa shape index (κ1) is 17.9. The Morgan fingerprint density at radius 3 is 2.80 bits per heavy atom. The Morgan fingerprint density at radius 2 is 2.12 bits per heavy atom. The van der Waals surface area contributed by atoms with Gasteiger partial charge in [-0.15, -0.1) is 0 Å². The number of benzene rings is 1.